The van der Waals surface area contributed by atoms with Crippen LogP contribution in [0.25, 0.3) is 10.8 Å². The molecule has 3 rings (SSSR count). The van der Waals surface area contributed by atoms with E-state index in [9.17, 15) is 4.79 Å². The van der Waals surface area contributed by atoms with Crippen molar-refractivity contribution >= 4 is 38.8 Å². The first-order chi connectivity index (χ1) is 10.7. The molecule has 108 valence electrons. The predicted molar refractivity (Wildman–Crippen MR) is 93.2 cm³/mol. The monoisotopic (exact) mass is 352 g/mol. The van der Waals surface area contributed by atoms with E-state index in [-0.39, 0.29) is 5.91 Å². The minimum absolute atomic E-state index is 0.246. The van der Waals surface area contributed by atoms with E-state index < -0.39 is 0 Å². The molecule has 0 saturated carbocycles. The molecular formula is C18H13BrN2O. The SMILES string of the molecule is O=C(N/N=C\c1ccc2ccccc2c1)c1ccccc1Br. The summed E-state index contributed by atoms with van der Waals surface area (Å²) in [7, 11) is 0. The third kappa shape index (κ3) is 3.23. The third-order valence-corrected chi connectivity index (χ3v) is 3.96. The fourth-order valence-electron chi connectivity index (χ4n) is 2.16. The lowest BCUT2D eigenvalue weighted by Gasteiger charge is -2.02. The maximum absolute atomic E-state index is 12.0. The molecule has 3 aromatic carbocycles. The number of rotatable bonds is 3. The average molecular weight is 353 g/mol. The second-order valence-corrected chi connectivity index (χ2v) is 5.64. The van der Waals surface area contributed by atoms with Crippen molar-refractivity contribution in [2.45, 2.75) is 0 Å². The van der Waals surface area contributed by atoms with E-state index >= 15 is 0 Å². The van der Waals surface area contributed by atoms with Crippen LogP contribution in [0.5, 0.6) is 0 Å². The second kappa shape index (κ2) is 6.54. The standard InChI is InChI=1S/C18H13BrN2O/c19-17-8-4-3-7-16(17)18(22)21-20-12-13-9-10-14-5-1-2-6-15(14)11-13/h1-12H,(H,21,22)/b20-12-. The van der Waals surface area contributed by atoms with Gasteiger partial charge >= 0.3 is 0 Å². The molecule has 0 aliphatic rings. The molecule has 3 aromatic rings. The van der Waals surface area contributed by atoms with Gasteiger partial charge in [-0.1, -0.05) is 48.5 Å². The second-order valence-electron chi connectivity index (χ2n) is 4.79. The highest BCUT2D eigenvalue weighted by molar-refractivity contribution is 9.10. The van der Waals surface area contributed by atoms with Crippen molar-refractivity contribution in [2.75, 3.05) is 0 Å². The van der Waals surface area contributed by atoms with Crippen molar-refractivity contribution in [2.24, 2.45) is 5.10 Å². The zero-order valence-electron chi connectivity index (χ0n) is 11.7. The summed E-state index contributed by atoms with van der Waals surface area (Å²) in [6.45, 7) is 0. The molecule has 0 saturated heterocycles. The summed E-state index contributed by atoms with van der Waals surface area (Å²) in [4.78, 5) is 12.0. The molecule has 0 heterocycles. The fourth-order valence-corrected chi connectivity index (χ4v) is 2.62. The number of nitrogens with zero attached hydrogens (tertiary/aromatic N) is 1. The Bertz CT molecular complexity index is 858. The Morgan fingerprint density at radius 3 is 2.50 bits per heavy atom. The normalized spacial score (nSPS) is 11.0. The van der Waals surface area contributed by atoms with Gasteiger partial charge in [0.1, 0.15) is 0 Å². The summed E-state index contributed by atoms with van der Waals surface area (Å²) in [5.74, 6) is -0.246. The molecule has 0 aliphatic carbocycles. The number of hydrogen-bond acceptors (Lipinski definition) is 2. The van der Waals surface area contributed by atoms with Crippen molar-refractivity contribution in [3.8, 4) is 0 Å². The van der Waals surface area contributed by atoms with Crippen LogP contribution in [0.3, 0.4) is 0 Å². The van der Waals surface area contributed by atoms with Crippen LogP contribution in [-0.2, 0) is 0 Å². The van der Waals surface area contributed by atoms with Gasteiger partial charge in [-0.3, -0.25) is 4.79 Å². The van der Waals surface area contributed by atoms with Gasteiger partial charge in [-0.15, -0.1) is 0 Å². The van der Waals surface area contributed by atoms with Crippen LogP contribution in [0, 0.1) is 0 Å². The molecule has 1 N–H and O–H groups in total. The Labute approximate surface area is 136 Å². The van der Waals surface area contributed by atoms with E-state index in [0.29, 0.717) is 5.56 Å². The number of carbonyl (C=O) groups is 1. The van der Waals surface area contributed by atoms with Crippen molar-refractivity contribution in [1.29, 1.82) is 0 Å². The maximum atomic E-state index is 12.0. The van der Waals surface area contributed by atoms with Gasteiger partial charge in [-0.05, 0) is 50.5 Å². The smallest absolute Gasteiger partial charge is 0.267 e. The van der Waals surface area contributed by atoms with Crippen LogP contribution >= 0.6 is 15.9 Å². The summed E-state index contributed by atoms with van der Waals surface area (Å²) in [5, 5.41) is 6.34. The molecule has 0 spiro atoms. The van der Waals surface area contributed by atoms with Crippen molar-refractivity contribution in [3.05, 3.63) is 82.3 Å². The molecule has 3 nitrogen and oxygen atoms in total. The van der Waals surface area contributed by atoms with E-state index in [0.717, 1.165) is 15.4 Å². The van der Waals surface area contributed by atoms with Crippen LogP contribution in [-0.4, -0.2) is 12.1 Å². The summed E-state index contributed by atoms with van der Waals surface area (Å²) >= 11 is 3.35. The average Bonchev–Trinajstić information content (AvgIpc) is 2.55. The van der Waals surface area contributed by atoms with Crippen molar-refractivity contribution < 1.29 is 4.79 Å². The number of halogens is 1. The van der Waals surface area contributed by atoms with Gasteiger partial charge in [-0.25, -0.2) is 5.43 Å². The van der Waals surface area contributed by atoms with E-state index in [2.05, 4.69) is 32.5 Å². The lowest BCUT2D eigenvalue weighted by Crippen LogP contribution is -2.18. The molecule has 0 atom stereocenters. The van der Waals surface area contributed by atoms with E-state index in [1.165, 1.54) is 5.39 Å². The highest BCUT2D eigenvalue weighted by atomic mass is 79.9. The quantitative estimate of drug-likeness (QED) is 0.552. The number of benzene rings is 3. The van der Waals surface area contributed by atoms with Crippen molar-refractivity contribution in [1.82, 2.24) is 5.43 Å². The van der Waals surface area contributed by atoms with Crippen LogP contribution in [0.4, 0.5) is 0 Å². The molecule has 22 heavy (non-hydrogen) atoms. The molecule has 0 aliphatic heterocycles. The van der Waals surface area contributed by atoms with Gasteiger partial charge in [-0.2, -0.15) is 5.10 Å². The maximum Gasteiger partial charge on any atom is 0.272 e. The molecular weight excluding hydrogens is 340 g/mol. The first-order valence-electron chi connectivity index (χ1n) is 6.81. The molecule has 0 fully saturated rings. The van der Waals surface area contributed by atoms with Gasteiger partial charge in [0, 0.05) is 4.47 Å². The Balaban J connectivity index is 1.73. The Kier molecular flexibility index (Phi) is 4.30. The van der Waals surface area contributed by atoms with Gasteiger partial charge in [0.05, 0.1) is 11.8 Å². The zero-order valence-corrected chi connectivity index (χ0v) is 13.2. The topological polar surface area (TPSA) is 41.5 Å². The summed E-state index contributed by atoms with van der Waals surface area (Å²) in [6.07, 6.45) is 1.64. The van der Waals surface area contributed by atoms with Crippen LogP contribution in [0.15, 0.2) is 76.3 Å². The minimum Gasteiger partial charge on any atom is -0.267 e. The summed E-state index contributed by atoms with van der Waals surface area (Å²) in [5.41, 5.74) is 4.03. The number of nitrogens with one attached hydrogen (secondary N) is 1. The van der Waals surface area contributed by atoms with E-state index in [4.69, 9.17) is 0 Å². The number of hydrogen-bond donors (Lipinski definition) is 1. The number of amides is 1. The first-order valence-corrected chi connectivity index (χ1v) is 7.60. The van der Waals surface area contributed by atoms with Crippen LogP contribution in [0.2, 0.25) is 0 Å². The Morgan fingerprint density at radius 2 is 1.68 bits per heavy atom. The lowest BCUT2D eigenvalue weighted by molar-refractivity contribution is 0.0954. The van der Waals surface area contributed by atoms with Crippen LogP contribution < -0.4 is 5.43 Å². The van der Waals surface area contributed by atoms with Gasteiger partial charge in [0.15, 0.2) is 0 Å². The number of fused-ring (bicyclic) bond motifs is 1. The Hall–Kier alpha value is -2.46. The summed E-state index contributed by atoms with van der Waals surface area (Å²) < 4.78 is 0.744. The fraction of sp³-hybridized carbons (Fsp3) is 0. The minimum atomic E-state index is -0.246. The molecule has 0 unspecified atom stereocenters. The molecule has 4 heteroatoms. The highest BCUT2D eigenvalue weighted by Crippen LogP contribution is 2.16. The molecule has 0 bridgehead atoms. The van der Waals surface area contributed by atoms with Gasteiger partial charge in [0.2, 0.25) is 0 Å². The molecule has 0 radical (unpaired) electrons. The van der Waals surface area contributed by atoms with Crippen LogP contribution in [0.1, 0.15) is 15.9 Å². The predicted octanol–water partition coefficient (Wildman–Crippen LogP) is 4.37. The number of carbonyl (C=O) groups excluding carboxylic acids is 1. The molecule has 1 amide bonds. The third-order valence-electron chi connectivity index (χ3n) is 3.27. The van der Waals surface area contributed by atoms with Gasteiger partial charge in [0.25, 0.3) is 5.91 Å². The first kappa shape index (κ1) is 14.5. The largest absolute Gasteiger partial charge is 0.272 e. The lowest BCUT2D eigenvalue weighted by atomic mass is 10.1. The molecule has 0 aromatic heterocycles. The highest BCUT2D eigenvalue weighted by Gasteiger charge is 2.07. The summed E-state index contributed by atoms with van der Waals surface area (Å²) in [6, 6.07) is 21.4. The Morgan fingerprint density at radius 1 is 0.955 bits per heavy atom. The number of hydrazone groups is 1. The zero-order chi connectivity index (χ0) is 15.4. The van der Waals surface area contributed by atoms with E-state index in [1.807, 2.05) is 54.6 Å². The van der Waals surface area contributed by atoms with E-state index in [1.54, 1.807) is 12.3 Å². The van der Waals surface area contributed by atoms with Crippen molar-refractivity contribution in [3.63, 3.8) is 0 Å². The van der Waals surface area contributed by atoms with Gasteiger partial charge < -0.3 is 0 Å².